The lowest BCUT2D eigenvalue weighted by Gasteiger charge is -2.19. The number of aldehydes is 1. The fraction of sp³-hybridized carbons (Fsp3) is 0.429. The van der Waals surface area contributed by atoms with Gasteiger partial charge in [0.15, 0.2) is 6.29 Å². The number of hydrogen-bond acceptors (Lipinski definition) is 2. The number of aromatic nitrogens is 2. The Kier molecular flexibility index (Phi) is 3.08. The van der Waals surface area contributed by atoms with E-state index in [0.29, 0.717) is 16.6 Å². The fourth-order valence-electron chi connectivity index (χ4n) is 2.79. The maximum Gasteiger partial charge on any atom is 0.168 e. The molecule has 0 amide bonds. The summed E-state index contributed by atoms with van der Waals surface area (Å²) in [5.41, 5.74) is 2.52. The number of halogens is 1. The van der Waals surface area contributed by atoms with Crippen LogP contribution in [0.2, 0.25) is 5.02 Å². The van der Waals surface area contributed by atoms with E-state index in [1.807, 2.05) is 6.07 Å². The second-order valence-corrected chi connectivity index (χ2v) is 5.39. The van der Waals surface area contributed by atoms with Crippen LogP contribution in [-0.2, 0) is 0 Å². The summed E-state index contributed by atoms with van der Waals surface area (Å²) in [6.45, 7) is 0. The summed E-state index contributed by atoms with van der Waals surface area (Å²) in [6, 6.07) is 5.57. The van der Waals surface area contributed by atoms with Gasteiger partial charge in [-0.1, -0.05) is 30.9 Å². The highest BCUT2D eigenvalue weighted by molar-refractivity contribution is 6.31. The topological polar surface area (TPSA) is 34.4 Å². The standard InChI is InChI=1S/C14H15ClN2O/c15-11-6-12-8-14(10-4-2-1-3-5-10)16-17(12)13(7-11)9-18/h6-10H,1-5H2. The van der Waals surface area contributed by atoms with Gasteiger partial charge in [0.1, 0.15) is 5.69 Å². The molecule has 1 fully saturated rings. The molecule has 4 heteroatoms. The molecule has 0 radical (unpaired) electrons. The largest absolute Gasteiger partial charge is 0.296 e. The summed E-state index contributed by atoms with van der Waals surface area (Å²) in [4.78, 5) is 11.0. The molecule has 1 saturated carbocycles. The van der Waals surface area contributed by atoms with Crippen LogP contribution in [0.3, 0.4) is 0 Å². The van der Waals surface area contributed by atoms with Crippen molar-refractivity contribution >= 4 is 23.4 Å². The molecule has 2 heterocycles. The number of hydrogen-bond donors (Lipinski definition) is 0. The van der Waals surface area contributed by atoms with Crippen LogP contribution in [0.4, 0.5) is 0 Å². The summed E-state index contributed by atoms with van der Waals surface area (Å²) in [7, 11) is 0. The van der Waals surface area contributed by atoms with Gasteiger partial charge in [0.25, 0.3) is 0 Å². The van der Waals surface area contributed by atoms with Crippen molar-refractivity contribution in [3.8, 4) is 0 Å². The van der Waals surface area contributed by atoms with Crippen molar-refractivity contribution in [3.05, 3.63) is 34.6 Å². The molecule has 3 nitrogen and oxygen atoms in total. The number of rotatable bonds is 2. The molecule has 2 aromatic rings. The summed E-state index contributed by atoms with van der Waals surface area (Å²) in [5.74, 6) is 0.539. The Labute approximate surface area is 111 Å². The van der Waals surface area contributed by atoms with Crippen molar-refractivity contribution in [1.29, 1.82) is 0 Å². The minimum absolute atomic E-state index is 0.513. The predicted octanol–water partition coefficient (Wildman–Crippen LogP) is 3.85. The lowest BCUT2D eigenvalue weighted by atomic mass is 9.87. The number of carbonyl (C=O) groups is 1. The second-order valence-electron chi connectivity index (χ2n) is 4.96. The highest BCUT2D eigenvalue weighted by Gasteiger charge is 2.19. The highest BCUT2D eigenvalue weighted by atomic mass is 35.5. The molecule has 94 valence electrons. The van der Waals surface area contributed by atoms with Gasteiger partial charge >= 0.3 is 0 Å². The third kappa shape index (κ3) is 2.03. The number of carbonyl (C=O) groups excluding carboxylic acids is 1. The molecule has 0 aromatic carbocycles. The van der Waals surface area contributed by atoms with Gasteiger partial charge in [0, 0.05) is 10.9 Å². The van der Waals surface area contributed by atoms with Gasteiger partial charge in [-0.3, -0.25) is 4.79 Å². The molecule has 0 saturated heterocycles. The van der Waals surface area contributed by atoms with E-state index < -0.39 is 0 Å². The molecule has 0 aliphatic heterocycles. The van der Waals surface area contributed by atoms with Crippen molar-refractivity contribution in [2.24, 2.45) is 0 Å². The molecular formula is C14H15ClN2O. The van der Waals surface area contributed by atoms with E-state index in [4.69, 9.17) is 11.6 Å². The van der Waals surface area contributed by atoms with E-state index in [1.165, 1.54) is 32.1 Å². The Morgan fingerprint density at radius 3 is 2.72 bits per heavy atom. The van der Waals surface area contributed by atoms with Crippen molar-refractivity contribution in [1.82, 2.24) is 9.61 Å². The zero-order chi connectivity index (χ0) is 12.5. The molecule has 1 aliphatic rings. The predicted molar refractivity (Wildman–Crippen MR) is 71.4 cm³/mol. The van der Waals surface area contributed by atoms with Crippen LogP contribution in [0.5, 0.6) is 0 Å². The lowest BCUT2D eigenvalue weighted by molar-refractivity contribution is 0.111. The number of nitrogens with zero attached hydrogens (tertiary/aromatic N) is 2. The van der Waals surface area contributed by atoms with Crippen LogP contribution in [0, 0.1) is 0 Å². The maximum absolute atomic E-state index is 11.0. The van der Waals surface area contributed by atoms with Crippen LogP contribution >= 0.6 is 11.6 Å². The molecule has 0 N–H and O–H groups in total. The molecule has 2 aromatic heterocycles. The molecule has 0 spiro atoms. The average Bonchev–Trinajstić information content (AvgIpc) is 2.82. The van der Waals surface area contributed by atoms with Crippen molar-refractivity contribution in [2.75, 3.05) is 0 Å². The molecule has 0 unspecified atom stereocenters. The van der Waals surface area contributed by atoms with Crippen molar-refractivity contribution < 1.29 is 4.79 Å². The molecular weight excluding hydrogens is 248 g/mol. The van der Waals surface area contributed by atoms with E-state index in [9.17, 15) is 4.79 Å². The van der Waals surface area contributed by atoms with Gasteiger partial charge in [-0.25, -0.2) is 4.52 Å². The summed E-state index contributed by atoms with van der Waals surface area (Å²) >= 11 is 6.00. The molecule has 18 heavy (non-hydrogen) atoms. The Morgan fingerprint density at radius 2 is 2.00 bits per heavy atom. The average molecular weight is 263 g/mol. The zero-order valence-corrected chi connectivity index (χ0v) is 10.9. The van der Waals surface area contributed by atoms with E-state index in [0.717, 1.165) is 17.5 Å². The minimum Gasteiger partial charge on any atom is -0.296 e. The van der Waals surface area contributed by atoms with Gasteiger partial charge in [-0.05, 0) is 31.0 Å². The van der Waals surface area contributed by atoms with Crippen LogP contribution in [0.1, 0.15) is 54.2 Å². The maximum atomic E-state index is 11.0. The fourth-order valence-corrected chi connectivity index (χ4v) is 3.02. The van der Waals surface area contributed by atoms with Crippen LogP contribution in [0.25, 0.3) is 5.52 Å². The number of fused-ring (bicyclic) bond motifs is 1. The Hall–Kier alpha value is -1.35. The Balaban J connectivity index is 2.06. The van der Waals surface area contributed by atoms with Gasteiger partial charge in [0.2, 0.25) is 0 Å². The molecule has 0 atom stereocenters. The third-order valence-corrected chi connectivity index (χ3v) is 3.93. The van der Waals surface area contributed by atoms with Gasteiger partial charge in [0.05, 0.1) is 11.2 Å². The Bertz CT molecular complexity index is 585. The quantitative estimate of drug-likeness (QED) is 0.771. The monoisotopic (exact) mass is 262 g/mol. The van der Waals surface area contributed by atoms with Gasteiger partial charge in [-0.2, -0.15) is 5.10 Å². The van der Waals surface area contributed by atoms with Crippen LogP contribution in [0.15, 0.2) is 18.2 Å². The SMILES string of the molecule is O=Cc1cc(Cl)cc2cc(C3CCCCC3)nn12. The third-order valence-electron chi connectivity index (χ3n) is 3.72. The second kappa shape index (κ2) is 4.73. The van der Waals surface area contributed by atoms with Crippen molar-refractivity contribution in [3.63, 3.8) is 0 Å². The van der Waals surface area contributed by atoms with Gasteiger partial charge in [-0.15, -0.1) is 0 Å². The summed E-state index contributed by atoms with van der Waals surface area (Å²) < 4.78 is 1.70. The normalized spacial score (nSPS) is 17.2. The van der Waals surface area contributed by atoms with E-state index in [-0.39, 0.29) is 0 Å². The Morgan fingerprint density at radius 1 is 1.22 bits per heavy atom. The first kappa shape index (κ1) is 11.7. The minimum atomic E-state index is 0.513. The number of pyridine rings is 1. The molecule has 3 rings (SSSR count). The smallest absolute Gasteiger partial charge is 0.168 e. The van der Waals surface area contributed by atoms with Crippen molar-refractivity contribution in [2.45, 2.75) is 38.0 Å². The molecule has 0 bridgehead atoms. The lowest BCUT2D eigenvalue weighted by Crippen LogP contribution is -2.05. The van der Waals surface area contributed by atoms with E-state index >= 15 is 0 Å². The van der Waals surface area contributed by atoms with Crippen LogP contribution in [-0.4, -0.2) is 15.9 Å². The first-order valence-electron chi connectivity index (χ1n) is 6.42. The van der Waals surface area contributed by atoms with E-state index in [2.05, 4.69) is 11.2 Å². The summed E-state index contributed by atoms with van der Waals surface area (Å²) in [6.07, 6.45) is 7.09. The first-order chi connectivity index (χ1) is 8.78. The van der Waals surface area contributed by atoms with Crippen LogP contribution < -0.4 is 0 Å². The summed E-state index contributed by atoms with van der Waals surface area (Å²) in [5, 5.41) is 5.16. The first-order valence-corrected chi connectivity index (χ1v) is 6.80. The van der Waals surface area contributed by atoms with Gasteiger partial charge < -0.3 is 0 Å². The zero-order valence-electron chi connectivity index (χ0n) is 10.1. The molecule has 1 aliphatic carbocycles. The highest BCUT2D eigenvalue weighted by Crippen LogP contribution is 2.32. The van der Waals surface area contributed by atoms with E-state index in [1.54, 1.807) is 10.6 Å².